The van der Waals surface area contributed by atoms with Gasteiger partial charge in [0.15, 0.2) is 0 Å². The molecule has 2 aromatic rings. The van der Waals surface area contributed by atoms with Crippen molar-refractivity contribution in [3.63, 3.8) is 0 Å². The van der Waals surface area contributed by atoms with E-state index in [2.05, 4.69) is 29.8 Å². The Bertz CT molecular complexity index is 1260. The summed E-state index contributed by atoms with van der Waals surface area (Å²) in [6.45, 7) is 6.72. The third kappa shape index (κ3) is 5.76. The van der Waals surface area contributed by atoms with E-state index in [1.54, 1.807) is 4.90 Å². The minimum absolute atomic E-state index is 0.0304. The van der Waals surface area contributed by atoms with Crippen LogP contribution in [-0.2, 0) is 35.2 Å². The van der Waals surface area contributed by atoms with Gasteiger partial charge in [-0.15, -0.1) is 0 Å². The molecular formula is C31H38F3N3O3. The molecule has 3 heterocycles. The van der Waals surface area contributed by atoms with Crippen LogP contribution in [0.4, 0.5) is 13.2 Å². The number of likely N-dealkylation sites (tertiary alicyclic amines) is 1. The number of rotatable bonds is 6. The summed E-state index contributed by atoms with van der Waals surface area (Å²) < 4.78 is 39.8. The van der Waals surface area contributed by atoms with Crippen molar-refractivity contribution in [2.45, 2.75) is 83.5 Å². The van der Waals surface area contributed by atoms with Crippen molar-refractivity contribution in [1.82, 2.24) is 14.8 Å². The average Bonchev–Trinajstić information content (AvgIpc) is 3.38. The number of pyridine rings is 1. The van der Waals surface area contributed by atoms with E-state index in [1.807, 2.05) is 18.2 Å². The molecule has 40 heavy (non-hydrogen) atoms. The summed E-state index contributed by atoms with van der Waals surface area (Å²) in [6.07, 6.45) is 1.42. The molecule has 2 aliphatic heterocycles. The highest BCUT2D eigenvalue weighted by Gasteiger charge is 2.51. The molecule has 0 spiro atoms. The first-order valence-electron chi connectivity index (χ1n) is 14.4. The fraction of sp³-hybridized carbons (Fsp3) is 0.581. The Labute approximate surface area is 233 Å². The summed E-state index contributed by atoms with van der Waals surface area (Å²) in [5, 5.41) is 9.13. The van der Waals surface area contributed by atoms with Crippen LogP contribution in [0.25, 0.3) is 0 Å². The topological polar surface area (TPSA) is 73.7 Å². The Hall–Kier alpha value is -2.94. The van der Waals surface area contributed by atoms with Crippen LogP contribution in [0, 0.1) is 11.3 Å². The van der Waals surface area contributed by atoms with Gasteiger partial charge in [0.1, 0.15) is 0 Å². The van der Waals surface area contributed by atoms with Gasteiger partial charge in [-0.25, -0.2) is 0 Å². The van der Waals surface area contributed by atoms with E-state index in [9.17, 15) is 22.8 Å². The first-order valence-corrected chi connectivity index (χ1v) is 14.4. The lowest BCUT2D eigenvalue weighted by Crippen LogP contribution is -2.49. The molecule has 5 rings (SSSR count). The second kappa shape index (κ2) is 11.1. The quantitative estimate of drug-likeness (QED) is 0.494. The highest BCUT2D eigenvalue weighted by Crippen LogP contribution is 2.48. The first-order chi connectivity index (χ1) is 19.0. The summed E-state index contributed by atoms with van der Waals surface area (Å²) in [6, 6.07) is 9.38. The Morgan fingerprint density at radius 1 is 1.12 bits per heavy atom. The summed E-state index contributed by atoms with van der Waals surface area (Å²) in [4.78, 5) is 33.5. The van der Waals surface area contributed by atoms with Gasteiger partial charge in [-0.2, -0.15) is 13.2 Å². The number of hydrogen-bond acceptors (Lipinski definition) is 4. The fourth-order valence-electron chi connectivity index (χ4n) is 7.13. The first kappa shape index (κ1) is 28.6. The van der Waals surface area contributed by atoms with Gasteiger partial charge in [-0.3, -0.25) is 14.6 Å². The van der Waals surface area contributed by atoms with E-state index in [4.69, 9.17) is 5.11 Å². The van der Waals surface area contributed by atoms with Crippen LogP contribution in [-0.4, -0.2) is 57.4 Å². The van der Waals surface area contributed by atoms with Gasteiger partial charge in [0.05, 0.1) is 17.4 Å². The fourth-order valence-corrected chi connectivity index (χ4v) is 7.13. The van der Waals surface area contributed by atoms with Crippen LogP contribution >= 0.6 is 0 Å². The maximum atomic E-state index is 14.1. The molecule has 9 heteroatoms. The van der Waals surface area contributed by atoms with E-state index in [0.717, 1.165) is 63.0 Å². The van der Waals surface area contributed by atoms with Gasteiger partial charge in [0, 0.05) is 37.4 Å². The maximum Gasteiger partial charge on any atom is 0.417 e. The van der Waals surface area contributed by atoms with E-state index in [1.165, 1.54) is 5.56 Å². The molecular weight excluding hydrogens is 519 g/mol. The molecule has 6 nitrogen and oxygen atoms in total. The van der Waals surface area contributed by atoms with Crippen molar-refractivity contribution < 1.29 is 27.9 Å². The van der Waals surface area contributed by atoms with Crippen molar-refractivity contribution in [1.29, 1.82) is 0 Å². The number of amides is 1. The monoisotopic (exact) mass is 557 g/mol. The number of carbonyl (C=O) groups is 2. The molecule has 0 radical (unpaired) electrons. The molecule has 0 bridgehead atoms. The van der Waals surface area contributed by atoms with Crippen molar-refractivity contribution in [3.05, 3.63) is 64.5 Å². The average molecular weight is 558 g/mol. The molecule has 216 valence electrons. The van der Waals surface area contributed by atoms with Crippen LogP contribution in [0.1, 0.15) is 79.8 Å². The molecule has 2 fully saturated rings. The third-order valence-corrected chi connectivity index (χ3v) is 9.53. The van der Waals surface area contributed by atoms with Gasteiger partial charge in [-0.1, -0.05) is 38.1 Å². The minimum atomic E-state index is -4.46. The van der Waals surface area contributed by atoms with Crippen LogP contribution in [0.15, 0.2) is 36.5 Å². The molecule has 1 aromatic carbocycles. The third-order valence-electron chi connectivity index (χ3n) is 9.53. The SMILES string of the molecule is CC(C)[C@]1(C(=O)N2CCc3ncc(C(F)(F)F)cc3C2)CC[C@@H](N2CCC(c3cccc(CC(=O)O)c3)CC2)C1. The summed E-state index contributed by atoms with van der Waals surface area (Å²) >= 11 is 0. The Balaban J connectivity index is 1.24. The number of benzene rings is 1. The zero-order valence-corrected chi connectivity index (χ0v) is 23.2. The summed E-state index contributed by atoms with van der Waals surface area (Å²) in [5.74, 6) is -0.238. The van der Waals surface area contributed by atoms with Gasteiger partial charge < -0.3 is 14.9 Å². The predicted octanol–water partition coefficient (Wildman–Crippen LogP) is 5.69. The van der Waals surface area contributed by atoms with Gasteiger partial charge in [0.25, 0.3) is 0 Å². The second-order valence-corrected chi connectivity index (χ2v) is 12.1. The van der Waals surface area contributed by atoms with Crippen LogP contribution in [0.3, 0.4) is 0 Å². The zero-order valence-electron chi connectivity index (χ0n) is 23.2. The second-order valence-electron chi connectivity index (χ2n) is 12.1. The molecule has 1 aromatic heterocycles. The molecule has 0 unspecified atom stereocenters. The van der Waals surface area contributed by atoms with Crippen molar-refractivity contribution in [2.75, 3.05) is 19.6 Å². The van der Waals surface area contributed by atoms with Gasteiger partial charge >= 0.3 is 12.1 Å². The van der Waals surface area contributed by atoms with Crippen LogP contribution in [0.5, 0.6) is 0 Å². The standard InChI is InChI=1S/C31H38F3N3O3/c1-20(2)30(29(40)37-13-9-27-24(19-37)16-25(18-35-27)31(32,33)34)10-6-26(17-30)36-11-7-22(8-12-36)23-5-3-4-21(14-23)15-28(38)39/h3-5,14,16,18,20,22,26H,6-13,15,17,19H2,1-2H3,(H,38,39)/t26-,30+/m1/s1. The number of aliphatic carboxylic acids is 1. The molecule has 1 N–H and O–H groups in total. The number of nitrogens with zero attached hydrogens (tertiary/aromatic N) is 3. The molecule has 2 atom stereocenters. The molecule has 1 aliphatic carbocycles. The van der Waals surface area contributed by atoms with Crippen molar-refractivity contribution >= 4 is 11.9 Å². The zero-order chi connectivity index (χ0) is 28.7. The summed E-state index contributed by atoms with van der Waals surface area (Å²) in [5.41, 5.74) is 1.89. The normalized spacial score (nSPS) is 24.4. The Morgan fingerprint density at radius 3 is 2.55 bits per heavy atom. The number of carbonyl (C=O) groups excluding carboxylic acids is 1. The van der Waals surface area contributed by atoms with Gasteiger partial charge in [-0.05, 0) is 79.8 Å². The largest absolute Gasteiger partial charge is 0.481 e. The number of carboxylic acids is 1. The molecule has 1 amide bonds. The summed E-state index contributed by atoms with van der Waals surface area (Å²) in [7, 11) is 0. The minimum Gasteiger partial charge on any atom is -0.481 e. The van der Waals surface area contributed by atoms with E-state index >= 15 is 0 Å². The highest BCUT2D eigenvalue weighted by atomic mass is 19.4. The lowest BCUT2D eigenvalue weighted by molar-refractivity contribution is -0.146. The molecule has 1 saturated carbocycles. The maximum absolute atomic E-state index is 14.1. The van der Waals surface area contributed by atoms with E-state index < -0.39 is 23.1 Å². The highest BCUT2D eigenvalue weighted by molar-refractivity contribution is 5.84. The van der Waals surface area contributed by atoms with Crippen LogP contribution in [0.2, 0.25) is 0 Å². The van der Waals surface area contributed by atoms with Gasteiger partial charge in [0.2, 0.25) is 5.91 Å². The Kier molecular flexibility index (Phi) is 7.97. The number of carboxylic acid groups (broad SMARTS) is 1. The molecule has 1 saturated heterocycles. The number of halogens is 3. The number of hydrogen-bond donors (Lipinski definition) is 1. The van der Waals surface area contributed by atoms with Crippen molar-refractivity contribution in [3.8, 4) is 0 Å². The number of alkyl halides is 3. The van der Waals surface area contributed by atoms with Crippen molar-refractivity contribution in [2.24, 2.45) is 11.3 Å². The smallest absolute Gasteiger partial charge is 0.417 e. The number of fused-ring (bicyclic) bond motifs is 1. The predicted molar refractivity (Wildman–Crippen MR) is 145 cm³/mol. The lowest BCUT2D eigenvalue weighted by Gasteiger charge is -2.41. The Morgan fingerprint density at radius 2 is 1.88 bits per heavy atom. The van der Waals surface area contributed by atoms with Crippen LogP contribution < -0.4 is 0 Å². The number of aromatic nitrogens is 1. The lowest BCUT2D eigenvalue weighted by atomic mass is 9.73. The van der Waals surface area contributed by atoms with E-state index in [-0.39, 0.29) is 24.8 Å². The molecule has 3 aliphatic rings. The van der Waals surface area contributed by atoms with E-state index in [0.29, 0.717) is 36.2 Å². The number of piperidine rings is 1.